The van der Waals surface area contributed by atoms with Crippen LogP contribution in [0.4, 0.5) is 0 Å². The molecule has 0 fully saturated rings. The van der Waals surface area contributed by atoms with Crippen LogP contribution in [-0.2, 0) is 4.57 Å². The van der Waals surface area contributed by atoms with Gasteiger partial charge in [-0.05, 0) is 38.5 Å². The highest BCUT2D eigenvalue weighted by Gasteiger charge is 2.48. The molecular formula is C26H55NO4P+. The minimum absolute atomic E-state index is 0.0621. The van der Waals surface area contributed by atoms with Gasteiger partial charge in [-0.15, -0.1) is 0 Å². The Labute approximate surface area is 199 Å². The molecule has 0 radical (unpaired) electrons. The summed E-state index contributed by atoms with van der Waals surface area (Å²) in [5.74, 6) is 0. The zero-order valence-electron chi connectivity index (χ0n) is 21.7. The van der Waals surface area contributed by atoms with Gasteiger partial charge in [-0.1, -0.05) is 96.1 Å². The van der Waals surface area contributed by atoms with E-state index in [1.54, 1.807) is 0 Å². The van der Waals surface area contributed by atoms with Crippen LogP contribution in [-0.4, -0.2) is 52.4 Å². The summed E-state index contributed by atoms with van der Waals surface area (Å²) in [6.45, 7) is 2.32. The minimum Gasteiger partial charge on any atom is -0.373 e. The van der Waals surface area contributed by atoms with Crippen molar-refractivity contribution in [3.8, 4) is 0 Å². The van der Waals surface area contributed by atoms with E-state index in [1.165, 1.54) is 89.9 Å². The topological polar surface area (TPSA) is 77.8 Å². The lowest BCUT2D eigenvalue weighted by Gasteiger charge is -2.35. The fraction of sp³-hybridized carbons (Fsp3) is 0.923. The smallest absolute Gasteiger partial charge is 0.362 e. The van der Waals surface area contributed by atoms with Crippen molar-refractivity contribution in [1.29, 1.82) is 0 Å². The Morgan fingerprint density at radius 3 is 1.44 bits per heavy atom. The zero-order valence-corrected chi connectivity index (χ0v) is 22.6. The van der Waals surface area contributed by atoms with Gasteiger partial charge in [-0.25, -0.2) is 0 Å². The van der Waals surface area contributed by atoms with E-state index in [4.69, 9.17) is 0 Å². The van der Waals surface area contributed by atoms with E-state index in [9.17, 15) is 19.5 Å². The molecule has 3 N–H and O–H groups in total. The summed E-state index contributed by atoms with van der Waals surface area (Å²) in [6.07, 6.45) is 25.8. The van der Waals surface area contributed by atoms with Crippen molar-refractivity contribution < 1.29 is 23.9 Å². The van der Waals surface area contributed by atoms with Gasteiger partial charge in [0.15, 0.2) is 0 Å². The van der Waals surface area contributed by atoms with Gasteiger partial charge in [-0.3, -0.25) is 4.57 Å². The lowest BCUT2D eigenvalue weighted by atomic mass is 10.0. The van der Waals surface area contributed by atoms with E-state index in [0.717, 1.165) is 12.8 Å². The first-order valence-electron chi connectivity index (χ1n) is 13.3. The number of nitrogens with zero attached hydrogens (tertiary/aromatic N) is 1. The second-order valence-corrected chi connectivity index (χ2v) is 12.6. The maximum absolute atomic E-state index is 11.8. The van der Waals surface area contributed by atoms with Crippen LogP contribution in [0.2, 0.25) is 0 Å². The highest BCUT2D eigenvalue weighted by Crippen LogP contribution is 2.52. The Kier molecular flexibility index (Phi) is 18.1. The summed E-state index contributed by atoms with van der Waals surface area (Å²) in [5, 5.41) is 8.64. The second-order valence-electron chi connectivity index (χ2n) is 10.7. The van der Waals surface area contributed by atoms with Gasteiger partial charge in [0, 0.05) is 0 Å². The number of quaternary nitrogens is 1. The molecule has 0 spiro atoms. The maximum Gasteiger partial charge on any atom is 0.362 e. The third-order valence-corrected chi connectivity index (χ3v) is 7.56. The van der Waals surface area contributed by atoms with E-state index in [0.29, 0.717) is 10.9 Å². The Bertz CT molecular complexity index is 512. The van der Waals surface area contributed by atoms with Crippen molar-refractivity contribution in [2.24, 2.45) is 0 Å². The lowest BCUT2D eigenvalue weighted by Crippen LogP contribution is -2.49. The van der Waals surface area contributed by atoms with Gasteiger partial charge < -0.3 is 19.4 Å². The van der Waals surface area contributed by atoms with Crippen molar-refractivity contribution in [3.05, 3.63) is 12.2 Å². The van der Waals surface area contributed by atoms with Crippen LogP contribution in [0.25, 0.3) is 0 Å². The van der Waals surface area contributed by atoms with Gasteiger partial charge in [0.1, 0.15) is 6.54 Å². The quantitative estimate of drug-likeness (QED) is 0.0670. The summed E-state index contributed by atoms with van der Waals surface area (Å²) >= 11 is 0. The molecule has 0 heterocycles. The van der Waals surface area contributed by atoms with Crippen molar-refractivity contribution >= 4 is 7.60 Å². The Morgan fingerprint density at radius 1 is 0.688 bits per heavy atom. The summed E-state index contributed by atoms with van der Waals surface area (Å²) in [6, 6.07) is 0. The van der Waals surface area contributed by atoms with Crippen molar-refractivity contribution in [2.75, 3.05) is 27.7 Å². The summed E-state index contributed by atoms with van der Waals surface area (Å²) in [5.41, 5.74) is 0. The van der Waals surface area contributed by atoms with Crippen LogP contribution >= 0.6 is 7.60 Å². The number of aliphatic hydroxyl groups is 1. The normalized spacial score (nSPS) is 14.8. The highest BCUT2D eigenvalue weighted by atomic mass is 31.2. The number of rotatable bonds is 22. The van der Waals surface area contributed by atoms with Crippen LogP contribution < -0.4 is 0 Å². The summed E-state index contributed by atoms with van der Waals surface area (Å²) < 4.78 is 12.1. The van der Waals surface area contributed by atoms with Gasteiger partial charge in [0.25, 0.3) is 0 Å². The monoisotopic (exact) mass is 476 g/mol. The van der Waals surface area contributed by atoms with Crippen LogP contribution in [0.5, 0.6) is 0 Å². The number of likely N-dealkylation sites (N-methyl/N-ethyl adjacent to an activating group) is 1. The van der Waals surface area contributed by atoms with Crippen molar-refractivity contribution in [2.45, 2.75) is 128 Å². The molecule has 0 rings (SSSR count). The fourth-order valence-corrected chi connectivity index (χ4v) is 5.32. The summed E-state index contributed by atoms with van der Waals surface area (Å²) in [7, 11) is 0.982. The van der Waals surface area contributed by atoms with Crippen LogP contribution in [0.3, 0.4) is 0 Å². The largest absolute Gasteiger partial charge is 0.373 e. The van der Waals surface area contributed by atoms with Crippen LogP contribution in [0.1, 0.15) is 122 Å². The molecule has 0 saturated carbocycles. The Hall–Kier alpha value is -0.190. The first-order chi connectivity index (χ1) is 15.0. The van der Waals surface area contributed by atoms with Gasteiger partial charge in [0.2, 0.25) is 5.34 Å². The van der Waals surface area contributed by atoms with E-state index < -0.39 is 12.9 Å². The average molecular weight is 477 g/mol. The van der Waals surface area contributed by atoms with Gasteiger partial charge in [-0.2, -0.15) is 0 Å². The Morgan fingerprint density at radius 2 is 1.06 bits per heavy atom. The second kappa shape index (κ2) is 18.2. The van der Waals surface area contributed by atoms with E-state index >= 15 is 0 Å². The summed E-state index contributed by atoms with van der Waals surface area (Å²) in [4.78, 5) is 19.2. The number of unbranched alkanes of at least 4 members (excludes halogenated alkanes) is 15. The maximum atomic E-state index is 11.8. The molecule has 0 saturated heterocycles. The molecule has 1 unspecified atom stereocenters. The van der Waals surface area contributed by atoms with Gasteiger partial charge in [0.05, 0.1) is 21.1 Å². The molecule has 0 aliphatic heterocycles. The molecule has 6 heteroatoms. The lowest BCUT2D eigenvalue weighted by molar-refractivity contribution is -0.875. The Balaban J connectivity index is 3.57. The van der Waals surface area contributed by atoms with Gasteiger partial charge >= 0.3 is 7.60 Å². The van der Waals surface area contributed by atoms with E-state index in [2.05, 4.69) is 19.1 Å². The SMILES string of the molecule is CCCCCC/C=C\CCCCCCCCCCCCCC(O)(C[N+](C)(C)C)P(=O)(O)O. The molecule has 0 aromatic carbocycles. The fourth-order valence-electron chi connectivity index (χ4n) is 4.26. The zero-order chi connectivity index (χ0) is 24.3. The molecule has 1 atom stereocenters. The average Bonchev–Trinajstić information content (AvgIpc) is 2.67. The predicted molar refractivity (Wildman–Crippen MR) is 138 cm³/mol. The third-order valence-electron chi connectivity index (χ3n) is 6.11. The highest BCUT2D eigenvalue weighted by molar-refractivity contribution is 7.53. The van der Waals surface area contributed by atoms with Crippen LogP contribution in [0.15, 0.2) is 12.2 Å². The third kappa shape index (κ3) is 18.3. The number of hydrogen-bond donors (Lipinski definition) is 3. The molecule has 5 nitrogen and oxygen atoms in total. The predicted octanol–water partition coefficient (Wildman–Crippen LogP) is 7.16. The first-order valence-corrected chi connectivity index (χ1v) is 14.9. The van der Waals surface area contributed by atoms with Crippen molar-refractivity contribution in [1.82, 2.24) is 0 Å². The van der Waals surface area contributed by atoms with Crippen molar-refractivity contribution in [3.63, 3.8) is 0 Å². The minimum atomic E-state index is -4.54. The first kappa shape index (κ1) is 31.8. The molecule has 0 aromatic rings. The molecule has 192 valence electrons. The molecular weight excluding hydrogens is 421 g/mol. The molecule has 0 aliphatic rings. The standard InChI is InChI=1S/C26H54NO4P/c1-5-6-7-8-9-10-11-12-13-14-15-16-17-18-19-20-21-22-23-24-26(28,32(29,30)31)25-27(2,3)4/h10-11,28H,5-9,12-25H2,1-4H3,(H-,29,30,31)/p+1/b11-10-. The molecule has 32 heavy (non-hydrogen) atoms. The number of allylic oxidation sites excluding steroid dienone is 2. The van der Waals surface area contributed by atoms with E-state index in [1.807, 2.05) is 21.1 Å². The molecule has 0 aromatic heterocycles. The van der Waals surface area contributed by atoms with Crippen LogP contribution in [0, 0.1) is 0 Å². The molecule has 0 bridgehead atoms. The number of hydrogen-bond acceptors (Lipinski definition) is 2. The molecule has 0 amide bonds. The molecule has 0 aliphatic carbocycles. The van der Waals surface area contributed by atoms with E-state index in [-0.39, 0.29) is 13.0 Å².